The van der Waals surface area contributed by atoms with Gasteiger partial charge in [-0.2, -0.15) is 5.26 Å². The lowest BCUT2D eigenvalue weighted by molar-refractivity contribution is -0.114. The summed E-state index contributed by atoms with van der Waals surface area (Å²) in [5.74, 6) is -1.15. The van der Waals surface area contributed by atoms with Gasteiger partial charge in [0.25, 0.3) is 5.91 Å². The fourth-order valence-corrected chi connectivity index (χ4v) is 1.52. The molecule has 0 saturated carbocycles. The van der Waals surface area contributed by atoms with Crippen molar-refractivity contribution in [1.29, 1.82) is 5.26 Å². The number of primary amides is 1. The van der Waals surface area contributed by atoms with Crippen LogP contribution < -0.4 is 5.73 Å². The SMILES string of the molecule is N#C/C(=C\c1cc(Cl)cc(Cl)c1O)C(N)=O. The molecule has 3 N–H and O–H groups in total. The van der Waals surface area contributed by atoms with Crippen molar-refractivity contribution in [2.45, 2.75) is 0 Å². The molecule has 1 aromatic carbocycles. The lowest BCUT2D eigenvalue weighted by Gasteiger charge is -2.03. The summed E-state index contributed by atoms with van der Waals surface area (Å²) in [5.41, 5.74) is 4.81. The van der Waals surface area contributed by atoms with E-state index in [4.69, 9.17) is 34.2 Å². The van der Waals surface area contributed by atoms with Crippen molar-refractivity contribution < 1.29 is 9.90 Å². The Morgan fingerprint density at radius 1 is 1.50 bits per heavy atom. The van der Waals surface area contributed by atoms with Crippen molar-refractivity contribution in [2.75, 3.05) is 0 Å². The summed E-state index contributed by atoms with van der Waals surface area (Å²) in [4.78, 5) is 10.8. The first-order chi connectivity index (χ1) is 7.45. The zero-order chi connectivity index (χ0) is 12.3. The Kier molecular flexibility index (Phi) is 3.78. The van der Waals surface area contributed by atoms with Gasteiger partial charge < -0.3 is 10.8 Å². The first kappa shape index (κ1) is 12.4. The minimum absolute atomic E-state index is 0.0283. The zero-order valence-electron chi connectivity index (χ0n) is 7.87. The standard InChI is InChI=1S/C10H6Cl2N2O2/c11-7-2-5(9(15)8(12)3-7)1-6(4-13)10(14)16/h1-3,15H,(H2,14,16)/b6-1+. The Morgan fingerprint density at radius 2 is 2.12 bits per heavy atom. The van der Waals surface area contributed by atoms with Gasteiger partial charge in [0, 0.05) is 10.6 Å². The lowest BCUT2D eigenvalue weighted by atomic mass is 10.1. The molecule has 4 nitrogen and oxygen atoms in total. The maximum absolute atomic E-state index is 10.8. The lowest BCUT2D eigenvalue weighted by Crippen LogP contribution is -2.12. The predicted octanol–water partition coefficient (Wildman–Crippen LogP) is 2.09. The van der Waals surface area contributed by atoms with E-state index in [0.717, 1.165) is 6.08 Å². The van der Waals surface area contributed by atoms with Gasteiger partial charge in [0.05, 0.1) is 5.02 Å². The number of aromatic hydroxyl groups is 1. The monoisotopic (exact) mass is 256 g/mol. The fourth-order valence-electron chi connectivity index (χ4n) is 1.01. The van der Waals surface area contributed by atoms with E-state index in [1.807, 2.05) is 0 Å². The van der Waals surface area contributed by atoms with Gasteiger partial charge >= 0.3 is 0 Å². The number of phenols is 1. The van der Waals surface area contributed by atoms with Crippen molar-refractivity contribution in [3.63, 3.8) is 0 Å². The van der Waals surface area contributed by atoms with Gasteiger partial charge in [0.15, 0.2) is 0 Å². The Morgan fingerprint density at radius 3 is 2.62 bits per heavy atom. The highest BCUT2D eigenvalue weighted by molar-refractivity contribution is 6.35. The van der Waals surface area contributed by atoms with Crippen LogP contribution in [0.5, 0.6) is 5.75 Å². The van der Waals surface area contributed by atoms with Gasteiger partial charge in [0.1, 0.15) is 17.4 Å². The number of hydrogen-bond donors (Lipinski definition) is 2. The van der Waals surface area contributed by atoms with Gasteiger partial charge in [-0.25, -0.2) is 0 Å². The number of rotatable bonds is 2. The van der Waals surface area contributed by atoms with Gasteiger partial charge in [-0.15, -0.1) is 0 Å². The molecule has 0 aliphatic heterocycles. The maximum Gasteiger partial charge on any atom is 0.259 e. The van der Waals surface area contributed by atoms with Gasteiger partial charge in [-0.1, -0.05) is 23.2 Å². The van der Waals surface area contributed by atoms with E-state index in [1.54, 1.807) is 6.07 Å². The summed E-state index contributed by atoms with van der Waals surface area (Å²) in [6, 6.07) is 4.31. The van der Waals surface area contributed by atoms with Crippen molar-refractivity contribution in [3.8, 4) is 11.8 Å². The first-order valence-corrected chi connectivity index (χ1v) is 4.81. The van der Waals surface area contributed by atoms with E-state index in [1.165, 1.54) is 12.1 Å². The van der Waals surface area contributed by atoms with Crippen molar-refractivity contribution in [2.24, 2.45) is 5.73 Å². The van der Waals surface area contributed by atoms with Crippen LogP contribution in [-0.4, -0.2) is 11.0 Å². The summed E-state index contributed by atoms with van der Waals surface area (Å²) < 4.78 is 0. The molecule has 82 valence electrons. The van der Waals surface area contributed by atoms with E-state index in [0.29, 0.717) is 0 Å². The number of phenolic OH excluding ortho intramolecular Hbond substituents is 1. The molecule has 6 heteroatoms. The predicted molar refractivity (Wildman–Crippen MR) is 60.9 cm³/mol. The second-order valence-corrected chi connectivity index (χ2v) is 3.70. The minimum atomic E-state index is -0.891. The van der Waals surface area contributed by atoms with E-state index in [9.17, 15) is 9.90 Å². The third-order valence-electron chi connectivity index (χ3n) is 1.74. The van der Waals surface area contributed by atoms with E-state index in [-0.39, 0.29) is 26.9 Å². The second kappa shape index (κ2) is 4.88. The number of nitrogens with two attached hydrogens (primary N) is 1. The summed E-state index contributed by atoms with van der Waals surface area (Å²) in [7, 11) is 0. The normalized spacial score (nSPS) is 10.9. The molecule has 16 heavy (non-hydrogen) atoms. The number of benzene rings is 1. The molecule has 1 amide bonds. The molecule has 0 saturated heterocycles. The molecule has 1 rings (SSSR count). The van der Waals surface area contributed by atoms with Crippen LogP contribution in [0.1, 0.15) is 5.56 Å². The number of hydrogen-bond acceptors (Lipinski definition) is 3. The molecular weight excluding hydrogens is 251 g/mol. The first-order valence-electron chi connectivity index (χ1n) is 4.05. The largest absolute Gasteiger partial charge is 0.506 e. The third-order valence-corrected chi connectivity index (χ3v) is 2.25. The van der Waals surface area contributed by atoms with Crippen LogP contribution in [0.25, 0.3) is 6.08 Å². The zero-order valence-corrected chi connectivity index (χ0v) is 9.38. The van der Waals surface area contributed by atoms with Crippen LogP contribution in [0.15, 0.2) is 17.7 Å². The fraction of sp³-hybridized carbons (Fsp3) is 0. The van der Waals surface area contributed by atoms with Crippen LogP contribution in [-0.2, 0) is 4.79 Å². The molecule has 0 atom stereocenters. The number of nitriles is 1. The highest BCUT2D eigenvalue weighted by atomic mass is 35.5. The number of amides is 1. The molecule has 0 spiro atoms. The van der Waals surface area contributed by atoms with Gasteiger partial charge in [-0.05, 0) is 18.2 Å². The molecule has 0 bridgehead atoms. The maximum atomic E-state index is 10.8. The van der Waals surface area contributed by atoms with Gasteiger partial charge in [0.2, 0.25) is 0 Å². The molecule has 0 fully saturated rings. The Hall–Kier alpha value is -1.70. The quantitative estimate of drug-likeness (QED) is 0.628. The van der Waals surface area contributed by atoms with Crippen molar-refractivity contribution in [1.82, 2.24) is 0 Å². The van der Waals surface area contributed by atoms with E-state index < -0.39 is 5.91 Å². The molecule has 0 aliphatic rings. The molecule has 0 aliphatic carbocycles. The summed E-state index contributed by atoms with van der Waals surface area (Å²) in [6.45, 7) is 0. The number of nitrogens with zero attached hydrogens (tertiary/aromatic N) is 1. The summed E-state index contributed by atoms with van der Waals surface area (Å²) >= 11 is 11.4. The van der Waals surface area contributed by atoms with Gasteiger partial charge in [-0.3, -0.25) is 4.79 Å². The Balaban J connectivity index is 3.35. The number of carbonyl (C=O) groups is 1. The molecule has 0 radical (unpaired) electrons. The molecule has 0 unspecified atom stereocenters. The van der Waals surface area contributed by atoms with Crippen molar-refractivity contribution in [3.05, 3.63) is 33.3 Å². The van der Waals surface area contributed by atoms with Crippen molar-refractivity contribution >= 4 is 35.2 Å². The number of halogens is 2. The van der Waals surface area contributed by atoms with Crippen LogP contribution >= 0.6 is 23.2 Å². The Bertz CT molecular complexity index is 518. The highest BCUT2D eigenvalue weighted by Crippen LogP contribution is 2.32. The Labute approximate surface area is 101 Å². The van der Waals surface area contributed by atoms with Crippen LogP contribution in [0.3, 0.4) is 0 Å². The topological polar surface area (TPSA) is 87.1 Å². The summed E-state index contributed by atoms with van der Waals surface area (Å²) in [5, 5.41) is 18.5. The molecular formula is C10H6Cl2N2O2. The summed E-state index contributed by atoms with van der Waals surface area (Å²) in [6.07, 6.45) is 1.12. The molecule has 0 heterocycles. The number of carbonyl (C=O) groups excluding carboxylic acids is 1. The van der Waals surface area contributed by atoms with Crippen LogP contribution in [0.2, 0.25) is 10.0 Å². The molecule has 0 aromatic heterocycles. The minimum Gasteiger partial charge on any atom is -0.506 e. The van der Waals surface area contributed by atoms with Crippen LogP contribution in [0, 0.1) is 11.3 Å². The highest BCUT2D eigenvalue weighted by Gasteiger charge is 2.09. The average molecular weight is 257 g/mol. The average Bonchev–Trinajstić information content (AvgIpc) is 2.20. The molecule has 1 aromatic rings. The smallest absolute Gasteiger partial charge is 0.259 e. The third kappa shape index (κ3) is 2.66. The van der Waals surface area contributed by atoms with Crippen LogP contribution in [0.4, 0.5) is 0 Å². The van der Waals surface area contributed by atoms with E-state index >= 15 is 0 Å². The second-order valence-electron chi connectivity index (χ2n) is 2.86. The van der Waals surface area contributed by atoms with E-state index in [2.05, 4.69) is 0 Å².